The first kappa shape index (κ1) is 35.9. The maximum atomic E-state index is 13.5. The summed E-state index contributed by atoms with van der Waals surface area (Å²) in [5, 5.41) is 22.2. The van der Waals surface area contributed by atoms with Gasteiger partial charge in [0.2, 0.25) is 10.1 Å². The number of carbonyl (C=O) groups excluding carboxylic acids is 2. The van der Waals surface area contributed by atoms with E-state index in [9.17, 15) is 22.6 Å². The molecule has 4 N–H and O–H groups in total. The predicted molar refractivity (Wildman–Crippen MR) is 159 cm³/mol. The first-order valence-electron chi connectivity index (χ1n) is 13.4. The Labute approximate surface area is 262 Å². The molecule has 1 aliphatic heterocycles. The Morgan fingerprint density at radius 3 is 2.59 bits per heavy atom. The Morgan fingerprint density at radius 1 is 1.20 bits per heavy atom. The molecule has 2 aromatic rings. The Hall–Kier alpha value is -2.62. The van der Waals surface area contributed by atoms with Gasteiger partial charge in [-0.05, 0) is 43.5 Å². The van der Waals surface area contributed by atoms with Crippen LogP contribution in [0.5, 0.6) is 11.5 Å². The SMILES string of the molecule is CCN(C(=O)/C=C/c1ccc(OC(=O)CCCON(O)O)c(OC)c1)[C@H]1CN(CCCOC)S(=O)(=O)c2sc([S+](N)[O-])cc21. The van der Waals surface area contributed by atoms with Crippen LogP contribution in [0.25, 0.3) is 6.08 Å². The summed E-state index contributed by atoms with van der Waals surface area (Å²) in [6.45, 7) is 2.47. The van der Waals surface area contributed by atoms with Crippen molar-refractivity contribution in [1.82, 2.24) is 14.6 Å². The van der Waals surface area contributed by atoms with Gasteiger partial charge in [-0.25, -0.2) is 8.42 Å². The predicted octanol–water partition coefficient (Wildman–Crippen LogP) is 2.08. The van der Waals surface area contributed by atoms with Gasteiger partial charge in [0.05, 0.1) is 36.5 Å². The fourth-order valence-electron chi connectivity index (χ4n) is 4.47. The zero-order valence-electron chi connectivity index (χ0n) is 24.4. The molecular formula is C26H36N4O11S3. The number of esters is 1. The van der Waals surface area contributed by atoms with Crippen LogP contribution in [0, 0.1) is 0 Å². The number of rotatable bonds is 16. The van der Waals surface area contributed by atoms with Crippen LogP contribution >= 0.6 is 11.3 Å². The van der Waals surface area contributed by atoms with Crippen LogP contribution in [-0.2, 0) is 40.5 Å². The number of likely N-dealkylation sites (N-methyl/N-ethyl adjacent to an activating group) is 1. The van der Waals surface area contributed by atoms with E-state index in [1.807, 2.05) is 0 Å². The first-order valence-corrected chi connectivity index (χ1v) is 16.9. The van der Waals surface area contributed by atoms with Crippen molar-refractivity contribution < 1.29 is 52.0 Å². The minimum atomic E-state index is -3.89. The Kier molecular flexibility index (Phi) is 13.5. The van der Waals surface area contributed by atoms with E-state index in [0.29, 0.717) is 24.2 Å². The average molecular weight is 677 g/mol. The lowest BCUT2D eigenvalue weighted by atomic mass is 10.1. The maximum Gasteiger partial charge on any atom is 0.311 e. The van der Waals surface area contributed by atoms with Crippen molar-refractivity contribution in [3.63, 3.8) is 0 Å². The van der Waals surface area contributed by atoms with Crippen LogP contribution in [0.3, 0.4) is 0 Å². The number of amides is 1. The Morgan fingerprint density at radius 2 is 1.95 bits per heavy atom. The van der Waals surface area contributed by atoms with E-state index in [0.717, 1.165) is 11.3 Å². The highest BCUT2D eigenvalue weighted by Crippen LogP contribution is 2.42. The molecule has 2 heterocycles. The van der Waals surface area contributed by atoms with E-state index in [4.69, 9.17) is 29.8 Å². The van der Waals surface area contributed by atoms with Gasteiger partial charge < -0.3 is 23.7 Å². The largest absolute Gasteiger partial charge is 0.592 e. The molecule has 0 aliphatic carbocycles. The fraction of sp³-hybridized carbons (Fsp3) is 0.462. The van der Waals surface area contributed by atoms with E-state index in [2.05, 4.69) is 4.84 Å². The third-order valence-corrected chi connectivity index (χ3v) is 11.1. The molecule has 0 bridgehead atoms. The molecule has 1 aromatic carbocycles. The molecule has 0 fully saturated rings. The standard InChI is InChI=1S/C26H36N4O11S3/c1-4-29(20-17-28(12-6-13-38-2)44(36,37)26-19(20)16-25(42-26)43(27)35)23(31)11-9-18-8-10-21(22(15-18)39-3)41-24(32)7-5-14-40-30(33)34/h8-11,15-16,20,33-34H,4-7,12-14,17,27H2,1-3H3/b11-9+/t20-,43?/m0/s1. The van der Waals surface area contributed by atoms with E-state index in [-0.39, 0.29) is 64.9 Å². The molecule has 15 nitrogen and oxygen atoms in total. The van der Waals surface area contributed by atoms with Gasteiger partial charge in [-0.15, -0.1) is 5.14 Å². The summed E-state index contributed by atoms with van der Waals surface area (Å²) in [4.78, 5) is 31.6. The minimum Gasteiger partial charge on any atom is -0.592 e. The second-order valence-electron chi connectivity index (χ2n) is 9.36. The summed E-state index contributed by atoms with van der Waals surface area (Å²) < 4.78 is 56.1. The van der Waals surface area contributed by atoms with Crippen molar-refractivity contribution in [2.24, 2.45) is 5.14 Å². The number of hydrogen-bond donors (Lipinski definition) is 3. The lowest BCUT2D eigenvalue weighted by molar-refractivity contribution is -0.492. The number of methoxy groups -OCH3 is 2. The van der Waals surface area contributed by atoms with Crippen molar-refractivity contribution in [2.75, 3.05) is 47.1 Å². The van der Waals surface area contributed by atoms with E-state index < -0.39 is 38.8 Å². The molecule has 2 atom stereocenters. The summed E-state index contributed by atoms with van der Waals surface area (Å²) >= 11 is -1.06. The highest BCUT2D eigenvalue weighted by molar-refractivity contribution is 7.94. The van der Waals surface area contributed by atoms with E-state index >= 15 is 0 Å². The number of carbonyl (C=O) groups is 2. The highest BCUT2D eigenvalue weighted by atomic mass is 32.3. The van der Waals surface area contributed by atoms with Crippen LogP contribution in [-0.4, -0.2) is 96.9 Å². The average Bonchev–Trinajstić information content (AvgIpc) is 3.45. The second-order valence-corrected chi connectivity index (χ2v) is 13.8. The molecule has 18 heteroatoms. The summed E-state index contributed by atoms with van der Waals surface area (Å²) in [7, 11) is -0.970. The second kappa shape index (κ2) is 16.6. The zero-order chi connectivity index (χ0) is 32.4. The third kappa shape index (κ3) is 9.21. The number of hydrogen-bond acceptors (Lipinski definition) is 14. The quantitative estimate of drug-likeness (QED) is 0.0583. The summed E-state index contributed by atoms with van der Waals surface area (Å²) in [6, 6.07) is 5.55. The van der Waals surface area contributed by atoms with Crippen molar-refractivity contribution in [1.29, 1.82) is 0 Å². The smallest absolute Gasteiger partial charge is 0.311 e. The normalized spacial score (nSPS) is 17.0. The number of benzene rings is 1. The van der Waals surface area contributed by atoms with Crippen LogP contribution in [0.15, 0.2) is 38.8 Å². The third-order valence-electron chi connectivity index (χ3n) is 6.53. The van der Waals surface area contributed by atoms with Crippen molar-refractivity contribution in [2.45, 2.75) is 40.6 Å². The van der Waals surface area contributed by atoms with Crippen LogP contribution in [0.1, 0.15) is 43.4 Å². The lowest BCUT2D eigenvalue weighted by Gasteiger charge is -2.37. The topological polar surface area (TPSA) is 204 Å². The summed E-state index contributed by atoms with van der Waals surface area (Å²) in [5.74, 6) is -0.588. The van der Waals surface area contributed by atoms with Gasteiger partial charge in [0, 0.05) is 57.5 Å². The first-order chi connectivity index (χ1) is 20.9. The molecule has 3 rings (SSSR count). The van der Waals surface area contributed by atoms with E-state index in [1.54, 1.807) is 25.1 Å². The van der Waals surface area contributed by atoms with Crippen LogP contribution in [0.4, 0.5) is 0 Å². The molecule has 1 aromatic heterocycles. The summed E-state index contributed by atoms with van der Waals surface area (Å²) in [5.41, 5.74) is 0.940. The van der Waals surface area contributed by atoms with Gasteiger partial charge in [-0.3, -0.25) is 24.8 Å². The minimum absolute atomic E-state index is 0.0120. The van der Waals surface area contributed by atoms with Crippen LogP contribution < -0.4 is 14.6 Å². The number of ether oxygens (including phenoxy) is 3. The number of thiophene rings is 1. The molecule has 0 saturated carbocycles. The fourth-order valence-corrected chi connectivity index (χ4v) is 8.57. The highest BCUT2D eigenvalue weighted by Gasteiger charge is 2.42. The van der Waals surface area contributed by atoms with Gasteiger partial charge in [0.25, 0.3) is 10.0 Å². The molecular weight excluding hydrogens is 641 g/mol. The van der Waals surface area contributed by atoms with Gasteiger partial charge in [0.15, 0.2) is 11.5 Å². The molecule has 1 amide bonds. The van der Waals surface area contributed by atoms with Crippen molar-refractivity contribution in [3.05, 3.63) is 41.5 Å². The van der Waals surface area contributed by atoms with Crippen LogP contribution in [0.2, 0.25) is 0 Å². The molecule has 1 unspecified atom stereocenters. The van der Waals surface area contributed by atoms with E-state index in [1.165, 1.54) is 41.6 Å². The van der Waals surface area contributed by atoms with Gasteiger partial charge >= 0.3 is 5.97 Å². The monoisotopic (exact) mass is 676 g/mol. The number of nitrogens with zero attached hydrogens (tertiary/aromatic N) is 3. The Balaban J connectivity index is 1.79. The number of sulfonamides is 1. The Bertz CT molecular complexity index is 1420. The molecule has 0 radical (unpaired) electrons. The molecule has 1 aliphatic rings. The van der Waals surface area contributed by atoms with Gasteiger partial charge in [-0.1, -0.05) is 17.4 Å². The number of fused-ring (bicyclic) bond motifs is 1. The summed E-state index contributed by atoms with van der Waals surface area (Å²) in [6.07, 6.45) is 3.47. The van der Waals surface area contributed by atoms with Gasteiger partial charge in [0.1, 0.15) is 4.21 Å². The molecule has 0 saturated heterocycles. The molecule has 44 heavy (non-hydrogen) atoms. The number of nitrogens with two attached hydrogens (primary N) is 1. The van der Waals surface area contributed by atoms with Crippen molar-refractivity contribution in [3.8, 4) is 11.5 Å². The maximum absolute atomic E-state index is 13.5. The zero-order valence-corrected chi connectivity index (χ0v) is 26.9. The molecule has 244 valence electrons. The lowest BCUT2D eigenvalue weighted by Crippen LogP contribution is -2.46. The molecule has 0 spiro atoms. The van der Waals surface area contributed by atoms with Crippen molar-refractivity contribution >= 4 is 50.7 Å². The van der Waals surface area contributed by atoms with Gasteiger partial charge in [-0.2, -0.15) is 4.31 Å².